The van der Waals surface area contributed by atoms with Crippen molar-refractivity contribution in [2.24, 2.45) is 11.8 Å². The standard InChI is InChI=1S/C25H34N4O3.2CH2O2/c1-16-8-10-29(11-9-16)25(32)18-5-6-19(15-28(3)14-18)26-24(31)21-13-23(30)27-22-7-4-17(2)12-20(21)22;2*2-1-3/h4,7,12-13,16,18-19H,5-6,8-11,14-15H2,1-3H3,(H,26,31)(H,27,30);2*1H,(H,2,3)/t18-,19+;;/m1../s1. The highest BCUT2D eigenvalue weighted by atomic mass is 16.3. The highest BCUT2D eigenvalue weighted by Crippen LogP contribution is 2.23. The van der Waals surface area contributed by atoms with Crippen LogP contribution in [0.3, 0.4) is 0 Å². The van der Waals surface area contributed by atoms with Gasteiger partial charge in [-0.05, 0) is 57.7 Å². The van der Waals surface area contributed by atoms with Gasteiger partial charge in [0.1, 0.15) is 0 Å². The highest BCUT2D eigenvalue weighted by Gasteiger charge is 2.31. The highest BCUT2D eigenvalue weighted by molar-refractivity contribution is 6.06. The summed E-state index contributed by atoms with van der Waals surface area (Å²) in [5.74, 6) is 0.686. The molecule has 0 radical (unpaired) electrons. The maximum Gasteiger partial charge on any atom is 0.290 e. The molecule has 0 saturated carbocycles. The van der Waals surface area contributed by atoms with Crippen LogP contribution in [0.2, 0.25) is 0 Å². The minimum atomic E-state index is -0.286. The van der Waals surface area contributed by atoms with Gasteiger partial charge in [-0.25, -0.2) is 0 Å². The molecule has 2 aromatic rings. The van der Waals surface area contributed by atoms with Crippen LogP contribution in [0.5, 0.6) is 0 Å². The van der Waals surface area contributed by atoms with Crippen LogP contribution in [0.15, 0.2) is 29.1 Å². The van der Waals surface area contributed by atoms with Crippen LogP contribution in [0.25, 0.3) is 10.9 Å². The number of aromatic nitrogens is 1. The molecule has 11 heteroatoms. The number of amides is 2. The number of piperidine rings is 1. The van der Waals surface area contributed by atoms with Crippen molar-refractivity contribution in [3.8, 4) is 0 Å². The van der Waals surface area contributed by atoms with Crippen LogP contribution < -0.4 is 10.9 Å². The molecule has 2 aliphatic heterocycles. The fourth-order valence-corrected chi connectivity index (χ4v) is 5.04. The fourth-order valence-electron chi connectivity index (χ4n) is 5.04. The number of nitrogens with zero attached hydrogens (tertiary/aromatic N) is 2. The summed E-state index contributed by atoms with van der Waals surface area (Å²) in [4.78, 5) is 62.0. The third-order valence-corrected chi connectivity index (χ3v) is 6.95. The van der Waals surface area contributed by atoms with Gasteiger partial charge in [0.15, 0.2) is 0 Å². The van der Waals surface area contributed by atoms with E-state index in [1.54, 1.807) is 0 Å². The topological polar surface area (TPSA) is 160 Å². The van der Waals surface area contributed by atoms with E-state index in [9.17, 15) is 14.4 Å². The van der Waals surface area contributed by atoms with E-state index in [2.05, 4.69) is 22.1 Å². The molecule has 2 atom stereocenters. The summed E-state index contributed by atoms with van der Waals surface area (Å²) in [7, 11) is 2.01. The van der Waals surface area contributed by atoms with E-state index in [0.717, 1.165) is 49.7 Å². The third-order valence-electron chi connectivity index (χ3n) is 6.95. The van der Waals surface area contributed by atoms with Crippen molar-refractivity contribution in [1.82, 2.24) is 20.1 Å². The number of hydrogen-bond donors (Lipinski definition) is 4. The quantitative estimate of drug-likeness (QED) is 0.438. The second-order valence-corrected chi connectivity index (χ2v) is 9.98. The van der Waals surface area contributed by atoms with Gasteiger partial charge in [0.2, 0.25) is 11.5 Å². The number of aromatic amines is 1. The van der Waals surface area contributed by atoms with Gasteiger partial charge in [0.25, 0.3) is 18.9 Å². The number of pyridine rings is 1. The van der Waals surface area contributed by atoms with E-state index >= 15 is 0 Å². The largest absolute Gasteiger partial charge is 0.483 e. The number of likely N-dealkylation sites (N-methyl/N-ethyl adjacent to an activating group) is 1. The molecule has 2 saturated heterocycles. The van der Waals surface area contributed by atoms with E-state index in [0.29, 0.717) is 30.1 Å². The number of aryl methyl sites for hydroxylation is 1. The second-order valence-electron chi connectivity index (χ2n) is 9.98. The van der Waals surface area contributed by atoms with E-state index in [1.165, 1.54) is 6.07 Å². The Morgan fingerprint density at radius 3 is 2.29 bits per heavy atom. The summed E-state index contributed by atoms with van der Waals surface area (Å²) >= 11 is 0. The summed E-state index contributed by atoms with van der Waals surface area (Å²) in [6.45, 7) is 6.83. The zero-order valence-corrected chi connectivity index (χ0v) is 22.2. The lowest BCUT2D eigenvalue weighted by molar-refractivity contribution is -0.137. The molecule has 38 heavy (non-hydrogen) atoms. The normalized spacial score (nSPS) is 20.1. The van der Waals surface area contributed by atoms with Crippen molar-refractivity contribution in [3.05, 3.63) is 45.7 Å². The first kappa shape index (κ1) is 30.5. The average Bonchev–Trinajstić information content (AvgIpc) is 3.05. The molecule has 2 amide bonds. The Bertz CT molecular complexity index is 1150. The summed E-state index contributed by atoms with van der Waals surface area (Å²) in [6, 6.07) is 6.99. The monoisotopic (exact) mass is 530 g/mol. The zero-order valence-electron chi connectivity index (χ0n) is 22.2. The van der Waals surface area contributed by atoms with Crippen molar-refractivity contribution in [3.63, 3.8) is 0 Å². The summed E-state index contributed by atoms with van der Waals surface area (Å²) < 4.78 is 0. The second kappa shape index (κ2) is 14.9. The molecule has 0 bridgehead atoms. The van der Waals surface area contributed by atoms with Crippen molar-refractivity contribution in [2.75, 3.05) is 33.2 Å². The lowest BCUT2D eigenvalue weighted by Gasteiger charge is -2.33. The summed E-state index contributed by atoms with van der Waals surface area (Å²) in [6.07, 6.45) is 3.67. The molecule has 0 aliphatic carbocycles. The predicted molar refractivity (Wildman–Crippen MR) is 143 cm³/mol. The molecule has 4 rings (SSSR count). The lowest BCUT2D eigenvalue weighted by Crippen LogP contribution is -2.44. The van der Waals surface area contributed by atoms with Crippen LogP contribution in [0.4, 0.5) is 0 Å². The van der Waals surface area contributed by atoms with Crippen molar-refractivity contribution in [2.45, 2.75) is 45.6 Å². The molecule has 4 N–H and O–H groups in total. The maximum atomic E-state index is 13.1. The van der Waals surface area contributed by atoms with Gasteiger partial charge in [-0.1, -0.05) is 18.6 Å². The molecule has 2 fully saturated rings. The Balaban J connectivity index is 0.000000773. The smallest absolute Gasteiger partial charge is 0.290 e. The lowest BCUT2D eigenvalue weighted by atomic mass is 9.95. The average molecular weight is 531 g/mol. The van der Waals surface area contributed by atoms with E-state index in [4.69, 9.17) is 19.8 Å². The number of H-pyrrole nitrogens is 1. The Morgan fingerprint density at radius 2 is 1.66 bits per heavy atom. The van der Waals surface area contributed by atoms with Gasteiger partial charge >= 0.3 is 0 Å². The van der Waals surface area contributed by atoms with Gasteiger partial charge in [-0.2, -0.15) is 0 Å². The number of hydrogen-bond acceptors (Lipinski definition) is 6. The molecule has 208 valence electrons. The molecule has 2 aliphatic rings. The third kappa shape index (κ3) is 8.69. The van der Waals surface area contributed by atoms with Gasteiger partial charge in [-0.15, -0.1) is 0 Å². The van der Waals surface area contributed by atoms with Gasteiger partial charge < -0.3 is 30.3 Å². The maximum absolute atomic E-state index is 13.1. The summed E-state index contributed by atoms with van der Waals surface area (Å²) in [5, 5.41) is 17.7. The molecular formula is C27H38N4O7. The number of carbonyl (C=O) groups excluding carboxylic acids is 2. The fraction of sp³-hybridized carbons (Fsp3) is 0.519. The van der Waals surface area contributed by atoms with Crippen molar-refractivity contribution >= 4 is 35.7 Å². The SMILES string of the molecule is Cc1ccc2[nH]c(=O)cc(C(=O)N[C@H]3CC[C@@H](C(=O)N4CCC(C)CC4)CN(C)C3)c2c1.O=CO.O=CO. The number of likely N-dealkylation sites (tertiary alicyclic amines) is 2. The molecule has 1 aromatic heterocycles. The Morgan fingerprint density at radius 1 is 1.03 bits per heavy atom. The van der Waals surface area contributed by atoms with Crippen LogP contribution in [-0.2, 0) is 14.4 Å². The Hall–Kier alpha value is -3.73. The first-order chi connectivity index (χ1) is 18.1. The van der Waals surface area contributed by atoms with E-state index in [1.807, 2.05) is 37.1 Å². The van der Waals surface area contributed by atoms with Gasteiger partial charge in [0, 0.05) is 49.2 Å². The number of carboxylic acid groups (broad SMARTS) is 2. The Kier molecular flexibility index (Phi) is 11.9. The number of nitrogens with one attached hydrogen (secondary N) is 2. The molecule has 1 aromatic carbocycles. The molecule has 0 unspecified atom stereocenters. The van der Waals surface area contributed by atoms with Crippen LogP contribution in [0, 0.1) is 18.8 Å². The van der Waals surface area contributed by atoms with Gasteiger partial charge in [-0.3, -0.25) is 24.0 Å². The molecular weight excluding hydrogens is 492 g/mol. The molecule has 11 nitrogen and oxygen atoms in total. The predicted octanol–water partition coefficient (Wildman–Crippen LogP) is 1.94. The van der Waals surface area contributed by atoms with Crippen LogP contribution in [0.1, 0.15) is 48.5 Å². The van der Waals surface area contributed by atoms with E-state index < -0.39 is 0 Å². The van der Waals surface area contributed by atoms with Gasteiger partial charge in [0.05, 0.1) is 11.5 Å². The number of fused-ring (bicyclic) bond motifs is 1. The van der Waals surface area contributed by atoms with Crippen LogP contribution in [-0.4, -0.2) is 89.0 Å². The zero-order chi connectivity index (χ0) is 28.2. The van der Waals surface area contributed by atoms with Crippen molar-refractivity contribution in [1.29, 1.82) is 0 Å². The molecule has 3 heterocycles. The number of rotatable bonds is 3. The number of benzene rings is 1. The Labute approximate surface area is 221 Å². The minimum Gasteiger partial charge on any atom is -0.483 e. The first-order valence-corrected chi connectivity index (χ1v) is 12.7. The van der Waals surface area contributed by atoms with Crippen molar-refractivity contribution < 1.29 is 29.4 Å². The molecule has 0 spiro atoms. The van der Waals surface area contributed by atoms with Crippen LogP contribution >= 0.6 is 0 Å². The minimum absolute atomic E-state index is 0.0293. The first-order valence-electron chi connectivity index (χ1n) is 12.7. The summed E-state index contributed by atoms with van der Waals surface area (Å²) in [5.41, 5.74) is 1.80. The number of carbonyl (C=O) groups is 4. The van der Waals surface area contributed by atoms with E-state index in [-0.39, 0.29) is 42.3 Å².